The standard InChI is InChI=1S/C9H10N2O3.Y/c1-11-8(12)6-2-4-7(5-3-6)14-9(10)13;/h2-5H,1H3,(H3,10,11,12,13);/p-1. The number of nitrogens with one attached hydrogen (secondary N) is 2. The number of carbonyl (C=O) groups is 2. The maximum absolute atomic E-state index is 11.1. The molecule has 1 radical (unpaired) electrons. The number of hydrogen-bond donors (Lipinski definition) is 1. The molecule has 0 spiro atoms. The van der Waals surface area contributed by atoms with Gasteiger partial charge < -0.3 is 15.8 Å². The van der Waals surface area contributed by atoms with Gasteiger partial charge in [-0.1, -0.05) is 0 Å². The average Bonchev–Trinajstić information content (AvgIpc) is 2.17. The van der Waals surface area contributed by atoms with Crippen LogP contribution < -0.4 is 10.1 Å². The molecule has 0 unspecified atom stereocenters. The summed E-state index contributed by atoms with van der Waals surface area (Å²) in [5, 5.41) is 2.46. The van der Waals surface area contributed by atoms with E-state index >= 15 is 0 Å². The summed E-state index contributed by atoms with van der Waals surface area (Å²) in [6, 6.07) is 5.93. The van der Waals surface area contributed by atoms with Gasteiger partial charge in [0.15, 0.2) is 0 Å². The number of hydrogen-bond acceptors (Lipinski definition) is 3. The summed E-state index contributed by atoms with van der Waals surface area (Å²) in [6.45, 7) is 0. The third-order valence-electron chi connectivity index (χ3n) is 1.55. The van der Waals surface area contributed by atoms with E-state index in [0.717, 1.165) is 0 Å². The summed E-state index contributed by atoms with van der Waals surface area (Å²) in [5.41, 5.74) is 7.02. The van der Waals surface area contributed by atoms with Crippen LogP contribution in [0.4, 0.5) is 4.79 Å². The largest absolute Gasteiger partial charge is 0.631 e. The summed E-state index contributed by atoms with van der Waals surface area (Å²) < 4.78 is 4.48. The summed E-state index contributed by atoms with van der Waals surface area (Å²) in [5.74, 6) is 0.0337. The number of carbonyl (C=O) groups excluding carboxylic acids is 2. The van der Waals surface area contributed by atoms with E-state index in [9.17, 15) is 9.59 Å². The molecule has 0 aliphatic heterocycles. The van der Waals surface area contributed by atoms with Crippen LogP contribution in [-0.4, -0.2) is 19.0 Å². The van der Waals surface area contributed by atoms with Crippen molar-refractivity contribution in [2.24, 2.45) is 0 Å². The van der Waals surface area contributed by atoms with Crippen LogP contribution in [0.25, 0.3) is 5.73 Å². The molecule has 2 amide bonds. The third kappa shape index (κ3) is 4.40. The van der Waals surface area contributed by atoms with Crippen LogP contribution in [0.1, 0.15) is 10.4 Å². The molecule has 77 valence electrons. The molecule has 1 aromatic rings. The Balaban J connectivity index is 0.00000196. The smallest absolute Gasteiger partial charge is 0.251 e. The molecular weight excluding hydrogens is 273 g/mol. The van der Waals surface area contributed by atoms with Crippen molar-refractivity contribution in [1.82, 2.24) is 5.32 Å². The van der Waals surface area contributed by atoms with E-state index in [-0.39, 0.29) is 44.4 Å². The van der Waals surface area contributed by atoms with Gasteiger partial charge in [0.05, 0.1) is 0 Å². The molecule has 0 heterocycles. The van der Waals surface area contributed by atoms with Crippen LogP contribution in [0.5, 0.6) is 5.75 Å². The van der Waals surface area contributed by atoms with Gasteiger partial charge in [0.2, 0.25) is 6.09 Å². The first kappa shape index (κ1) is 14.1. The second-order valence-electron chi connectivity index (χ2n) is 2.49. The molecule has 0 bridgehead atoms. The Kier molecular flexibility index (Phi) is 6.12. The second-order valence-corrected chi connectivity index (χ2v) is 2.49. The van der Waals surface area contributed by atoms with E-state index in [2.05, 4.69) is 10.1 Å². The molecule has 1 aromatic carbocycles. The normalized spacial score (nSPS) is 8.60. The second kappa shape index (κ2) is 6.53. The summed E-state index contributed by atoms with van der Waals surface area (Å²) in [6.07, 6.45) is -1.13. The van der Waals surface area contributed by atoms with E-state index in [1.54, 1.807) is 0 Å². The Morgan fingerprint density at radius 2 is 1.80 bits per heavy atom. The third-order valence-corrected chi connectivity index (χ3v) is 1.55. The van der Waals surface area contributed by atoms with Crippen LogP contribution >= 0.6 is 0 Å². The fourth-order valence-corrected chi connectivity index (χ4v) is 0.926. The van der Waals surface area contributed by atoms with Crippen molar-refractivity contribution >= 4 is 12.0 Å². The predicted molar refractivity (Wildman–Crippen MR) is 50.2 cm³/mol. The van der Waals surface area contributed by atoms with Crippen molar-refractivity contribution in [2.45, 2.75) is 0 Å². The zero-order valence-corrected chi connectivity index (χ0v) is 10.9. The number of benzene rings is 1. The van der Waals surface area contributed by atoms with Gasteiger partial charge in [0.1, 0.15) is 5.75 Å². The van der Waals surface area contributed by atoms with Crippen LogP contribution in [-0.2, 0) is 32.7 Å². The molecule has 5 nitrogen and oxygen atoms in total. The van der Waals surface area contributed by atoms with Crippen molar-refractivity contribution in [3.63, 3.8) is 0 Å². The van der Waals surface area contributed by atoms with Gasteiger partial charge in [-0.2, -0.15) is 0 Å². The van der Waals surface area contributed by atoms with Gasteiger partial charge >= 0.3 is 0 Å². The molecule has 0 aromatic heterocycles. The molecule has 0 atom stereocenters. The zero-order valence-electron chi connectivity index (χ0n) is 8.11. The minimum Gasteiger partial charge on any atom is -0.631 e. The Morgan fingerprint density at radius 1 is 1.27 bits per heavy atom. The van der Waals surface area contributed by atoms with Gasteiger partial charge in [-0.3, -0.25) is 9.59 Å². The van der Waals surface area contributed by atoms with E-state index in [0.29, 0.717) is 5.56 Å². The maximum Gasteiger partial charge on any atom is 0.251 e. The molecule has 0 saturated carbocycles. The first-order chi connectivity index (χ1) is 6.63. The first-order valence-electron chi connectivity index (χ1n) is 3.89. The minimum atomic E-state index is -1.13. The molecular formula is C9H9N2O3Y-. The quantitative estimate of drug-likeness (QED) is 0.894. The number of rotatable bonds is 2. The van der Waals surface area contributed by atoms with Crippen molar-refractivity contribution in [1.29, 1.82) is 0 Å². The first-order valence-corrected chi connectivity index (χ1v) is 3.89. The molecule has 1 rings (SSSR count). The molecule has 6 heteroatoms. The summed E-state index contributed by atoms with van der Waals surface area (Å²) >= 11 is 0. The van der Waals surface area contributed by atoms with Crippen LogP contribution in [0.3, 0.4) is 0 Å². The Bertz CT molecular complexity index is 351. The van der Waals surface area contributed by atoms with Crippen LogP contribution in [0.15, 0.2) is 24.3 Å². The van der Waals surface area contributed by atoms with E-state index < -0.39 is 6.09 Å². The molecule has 2 N–H and O–H groups in total. The SMILES string of the molecule is CNC(=O)c1ccc(OC([NH-])=O)cc1.[Y]. The molecule has 0 aliphatic rings. The molecule has 15 heavy (non-hydrogen) atoms. The van der Waals surface area contributed by atoms with Gasteiger partial charge in [-0.25, -0.2) is 0 Å². The van der Waals surface area contributed by atoms with E-state index in [1.165, 1.54) is 31.3 Å². The predicted octanol–water partition coefficient (Wildman–Crippen LogP) is 1.59. The van der Waals surface area contributed by atoms with E-state index in [4.69, 9.17) is 5.73 Å². The fourth-order valence-electron chi connectivity index (χ4n) is 0.926. The monoisotopic (exact) mass is 282 g/mol. The maximum atomic E-state index is 11.1. The number of amides is 2. The summed E-state index contributed by atoms with van der Waals surface area (Å²) in [7, 11) is 1.53. The molecule has 0 aliphatic carbocycles. The number of ether oxygens (including phenoxy) is 1. The topological polar surface area (TPSA) is 79.2 Å². The van der Waals surface area contributed by atoms with Crippen molar-refractivity contribution in [3.8, 4) is 5.75 Å². The molecule has 0 saturated heterocycles. The summed E-state index contributed by atoms with van der Waals surface area (Å²) in [4.78, 5) is 21.3. The van der Waals surface area contributed by atoms with Crippen LogP contribution in [0, 0.1) is 0 Å². The molecule has 0 fully saturated rings. The van der Waals surface area contributed by atoms with Crippen molar-refractivity contribution in [3.05, 3.63) is 35.6 Å². The van der Waals surface area contributed by atoms with E-state index in [1.807, 2.05) is 0 Å². The Hall–Kier alpha value is -0.936. The van der Waals surface area contributed by atoms with Gasteiger partial charge in [0, 0.05) is 45.3 Å². The average molecular weight is 282 g/mol. The van der Waals surface area contributed by atoms with Crippen molar-refractivity contribution < 1.29 is 47.0 Å². The van der Waals surface area contributed by atoms with Gasteiger partial charge in [0.25, 0.3) is 5.91 Å². The van der Waals surface area contributed by atoms with Crippen molar-refractivity contribution in [2.75, 3.05) is 7.05 Å². The zero-order chi connectivity index (χ0) is 10.6. The Morgan fingerprint density at radius 3 is 2.20 bits per heavy atom. The fraction of sp³-hybridized carbons (Fsp3) is 0.111. The van der Waals surface area contributed by atoms with Crippen LogP contribution in [0.2, 0.25) is 0 Å². The van der Waals surface area contributed by atoms with Gasteiger partial charge in [-0.15, -0.1) is 0 Å². The minimum absolute atomic E-state index is 0. The van der Waals surface area contributed by atoms with Gasteiger partial charge in [-0.05, 0) is 24.3 Å². The Labute approximate surface area is 112 Å².